The molecule has 0 N–H and O–H groups in total. The van der Waals surface area contributed by atoms with Crippen molar-refractivity contribution >= 4 is 34.4 Å². The fourth-order valence-corrected chi connectivity index (χ4v) is 14.6. The van der Waals surface area contributed by atoms with Gasteiger partial charge in [-0.1, -0.05) is 81.7 Å². The van der Waals surface area contributed by atoms with E-state index >= 15 is 0 Å². The largest absolute Gasteiger partial charge is 0.268 e. The summed E-state index contributed by atoms with van der Waals surface area (Å²) in [6.45, 7) is 14.5. The van der Waals surface area contributed by atoms with Gasteiger partial charge in [0.2, 0.25) is 0 Å². The predicted molar refractivity (Wildman–Crippen MR) is 162 cm³/mol. The summed E-state index contributed by atoms with van der Waals surface area (Å²) in [6.07, 6.45) is 3.66. The van der Waals surface area contributed by atoms with Crippen LogP contribution in [0.2, 0.25) is 16.6 Å². The molecule has 0 atom stereocenters. The molecule has 4 aromatic rings. The second kappa shape index (κ2) is 12.4. The molecule has 0 saturated heterocycles. The van der Waals surface area contributed by atoms with Crippen LogP contribution in [0, 0.1) is 0 Å². The SMILES string of the molecule is CC(C)[Si](Sc1ccc(-c2ccnn2C)cc1)(C(C)C)C(C)C.Cn1nccc1-c1ccc(Br)cc1. The highest BCUT2D eigenvalue weighted by molar-refractivity contribution is 9.10. The Bertz CT molecular complexity index is 1210. The summed E-state index contributed by atoms with van der Waals surface area (Å²) in [7, 11) is 2.47. The smallest absolute Gasteiger partial charge is 0.131 e. The molecule has 0 fully saturated rings. The molecule has 192 valence electrons. The van der Waals surface area contributed by atoms with E-state index in [-0.39, 0.29) is 0 Å². The van der Waals surface area contributed by atoms with Gasteiger partial charge in [-0.15, -0.1) is 0 Å². The van der Waals surface area contributed by atoms with Crippen LogP contribution in [0.5, 0.6) is 0 Å². The Balaban J connectivity index is 0.000000233. The van der Waals surface area contributed by atoms with Gasteiger partial charge in [0.25, 0.3) is 0 Å². The lowest BCUT2D eigenvalue weighted by Crippen LogP contribution is -2.40. The molecule has 0 aliphatic rings. The number of hydrogen-bond acceptors (Lipinski definition) is 3. The molecule has 36 heavy (non-hydrogen) atoms. The topological polar surface area (TPSA) is 35.6 Å². The number of aromatic nitrogens is 4. The third kappa shape index (κ3) is 6.42. The van der Waals surface area contributed by atoms with Gasteiger partial charge >= 0.3 is 0 Å². The maximum Gasteiger partial charge on any atom is 0.131 e. The Morgan fingerprint density at radius 1 is 0.639 bits per heavy atom. The van der Waals surface area contributed by atoms with E-state index in [9.17, 15) is 0 Å². The van der Waals surface area contributed by atoms with Crippen molar-refractivity contribution in [2.24, 2.45) is 14.1 Å². The molecule has 0 amide bonds. The van der Waals surface area contributed by atoms with Crippen LogP contribution in [0.4, 0.5) is 0 Å². The normalized spacial score (nSPS) is 11.8. The third-order valence-electron chi connectivity index (χ3n) is 6.93. The van der Waals surface area contributed by atoms with Crippen LogP contribution in [0.1, 0.15) is 41.5 Å². The number of benzene rings is 2. The van der Waals surface area contributed by atoms with E-state index < -0.39 is 7.22 Å². The van der Waals surface area contributed by atoms with Crippen LogP contribution in [0.15, 0.2) is 82.4 Å². The zero-order chi connectivity index (χ0) is 26.5. The Morgan fingerprint density at radius 2 is 1.03 bits per heavy atom. The molecule has 2 aromatic carbocycles. The molecule has 0 bridgehead atoms. The van der Waals surface area contributed by atoms with Gasteiger partial charge in [0.05, 0.1) is 11.4 Å². The Labute approximate surface area is 230 Å². The zero-order valence-corrected chi connectivity index (χ0v) is 26.1. The van der Waals surface area contributed by atoms with E-state index in [0.29, 0.717) is 0 Å². The molecule has 0 aliphatic heterocycles. The zero-order valence-electron chi connectivity index (χ0n) is 22.7. The first kappa shape index (κ1) is 28.5. The van der Waals surface area contributed by atoms with Gasteiger partial charge in [-0.05, 0) is 64.1 Å². The minimum atomic E-state index is -1.46. The molecule has 0 unspecified atom stereocenters. The Morgan fingerprint density at radius 3 is 1.36 bits per heavy atom. The quantitative estimate of drug-likeness (QED) is 0.204. The van der Waals surface area contributed by atoms with Crippen LogP contribution in [-0.4, -0.2) is 26.8 Å². The summed E-state index contributed by atoms with van der Waals surface area (Å²) in [5, 5.41) is 8.38. The number of halogens is 1. The van der Waals surface area contributed by atoms with Gasteiger partial charge in [0.1, 0.15) is 7.22 Å². The molecule has 0 aliphatic carbocycles. The van der Waals surface area contributed by atoms with Gasteiger partial charge in [-0.25, -0.2) is 0 Å². The molecule has 7 heteroatoms. The average molecular weight is 584 g/mol. The third-order valence-corrected chi connectivity index (χ3v) is 19.7. The van der Waals surface area contributed by atoms with Crippen LogP contribution in [0.25, 0.3) is 22.5 Å². The van der Waals surface area contributed by atoms with Crippen molar-refractivity contribution in [3.63, 3.8) is 0 Å². The first-order chi connectivity index (χ1) is 17.1. The summed E-state index contributed by atoms with van der Waals surface area (Å²) in [6, 6.07) is 21.3. The van der Waals surface area contributed by atoms with E-state index in [2.05, 4.69) is 121 Å². The van der Waals surface area contributed by atoms with Crippen LogP contribution >= 0.6 is 27.1 Å². The average Bonchev–Trinajstić information content (AvgIpc) is 3.46. The lowest BCUT2D eigenvalue weighted by atomic mass is 10.1. The predicted octanol–water partition coefficient (Wildman–Crippen LogP) is 9.20. The van der Waals surface area contributed by atoms with Crippen molar-refractivity contribution in [2.75, 3.05) is 0 Å². The van der Waals surface area contributed by atoms with E-state index in [1.165, 1.54) is 21.7 Å². The van der Waals surface area contributed by atoms with Crippen molar-refractivity contribution in [2.45, 2.75) is 63.1 Å². The second-order valence-corrected chi connectivity index (χ2v) is 19.6. The Kier molecular flexibility index (Phi) is 9.84. The maximum absolute atomic E-state index is 4.26. The van der Waals surface area contributed by atoms with E-state index in [4.69, 9.17) is 0 Å². The minimum Gasteiger partial charge on any atom is -0.268 e. The van der Waals surface area contributed by atoms with Crippen molar-refractivity contribution in [3.8, 4) is 22.5 Å². The molecule has 4 rings (SSSR count). The monoisotopic (exact) mass is 582 g/mol. The fourth-order valence-electron chi connectivity index (χ4n) is 5.19. The van der Waals surface area contributed by atoms with E-state index in [1.807, 2.05) is 47.9 Å². The fraction of sp³-hybridized carbons (Fsp3) is 0.379. The van der Waals surface area contributed by atoms with Crippen molar-refractivity contribution in [1.29, 1.82) is 0 Å². The molecule has 2 aromatic heterocycles. The minimum absolute atomic E-state index is 0.768. The van der Waals surface area contributed by atoms with Crippen LogP contribution in [0.3, 0.4) is 0 Å². The molecular weight excluding hydrogens is 544 g/mol. The van der Waals surface area contributed by atoms with Gasteiger partial charge < -0.3 is 0 Å². The van der Waals surface area contributed by atoms with E-state index in [0.717, 1.165) is 26.8 Å². The number of rotatable bonds is 7. The number of hydrogen-bond donors (Lipinski definition) is 0. The highest BCUT2D eigenvalue weighted by Gasteiger charge is 2.43. The van der Waals surface area contributed by atoms with Gasteiger partial charge in [-0.3, -0.25) is 9.36 Å². The second-order valence-electron chi connectivity index (χ2n) is 10.1. The molecular formula is C29H39BrN4SSi. The molecule has 0 saturated carbocycles. The standard InChI is InChI=1S/C19H30N2SSi.C10H9BrN2/c1-14(2)23(15(3)4,16(5)6)22-18-10-8-17(9-11-18)19-12-13-20-21(19)7;1-13-10(6-7-12-13)8-2-4-9(11)5-3-8/h8-16H,1-7H3;2-7H,1H3. The van der Waals surface area contributed by atoms with Gasteiger partial charge in [-0.2, -0.15) is 21.4 Å². The van der Waals surface area contributed by atoms with Crippen molar-refractivity contribution in [3.05, 3.63) is 77.5 Å². The molecule has 0 radical (unpaired) electrons. The molecule has 2 heterocycles. The highest BCUT2D eigenvalue weighted by Crippen LogP contribution is 2.52. The van der Waals surface area contributed by atoms with Crippen molar-refractivity contribution in [1.82, 2.24) is 19.6 Å². The van der Waals surface area contributed by atoms with Crippen LogP contribution < -0.4 is 0 Å². The van der Waals surface area contributed by atoms with Crippen molar-refractivity contribution < 1.29 is 0 Å². The first-order valence-corrected chi connectivity index (χ1v) is 17.1. The summed E-state index contributed by atoms with van der Waals surface area (Å²) < 4.78 is 4.89. The maximum atomic E-state index is 4.26. The summed E-state index contributed by atoms with van der Waals surface area (Å²) >= 11 is 5.59. The highest BCUT2D eigenvalue weighted by atomic mass is 79.9. The molecule has 0 spiro atoms. The number of aryl methyl sites for hydroxylation is 2. The van der Waals surface area contributed by atoms with Gasteiger partial charge in [0, 0.05) is 35.9 Å². The summed E-state index contributed by atoms with van der Waals surface area (Å²) in [5.74, 6) is 0. The first-order valence-electron chi connectivity index (χ1n) is 12.6. The summed E-state index contributed by atoms with van der Waals surface area (Å²) in [5.41, 5.74) is 7.02. The van der Waals surface area contributed by atoms with Crippen LogP contribution in [-0.2, 0) is 14.1 Å². The van der Waals surface area contributed by atoms with Gasteiger partial charge in [0.15, 0.2) is 0 Å². The van der Waals surface area contributed by atoms with E-state index in [1.54, 1.807) is 6.20 Å². The Hall–Kier alpha value is -2.09. The molecule has 4 nitrogen and oxygen atoms in total. The lowest BCUT2D eigenvalue weighted by molar-refractivity contribution is 0.776. The number of nitrogens with zero attached hydrogens (tertiary/aromatic N) is 4. The lowest BCUT2D eigenvalue weighted by Gasteiger charge is -2.42. The summed E-state index contributed by atoms with van der Waals surface area (Å²) in [4.78, 5) is 1.42.